The Kier molecular flexibility index (Phi) is 2.26. The molecule has 1 aliphatic rings. The van der Waals surface area contributed by atoms with Crippen molar-refractivity contribution in [1.82, 2.24) is 10.2 Å². The maximum absolute atomic E-state index is 10.0. The van der Waals surface area contributed by atoms with E-state index in [4.69, 9.17) is 0 Å². The van der Waals surface area contributed by atoms with E-state index in [9.17, 15) is 5.11 Å². The molecular weight excluding hydrogens is 214 g/mol. The van der Waals surface area contributed by atoms with Gasteiger partial charge in [0, 0.05) is 23.9 Å². The molecule has 17 heavy (non-hydrogen) atoms. The molecule has 0 radical (unpaired) electrons. The summed E-state index contributed by atoms with van der Waals surface area (Å²) in [6, 6.07) is 8.07. The fraction of sp³-hybridized carbons (Fsp3) is 0.385. The third-order valence-electron chi connectivity index (χ3n) is 3.30. The van der Waals surface area contributed by atoms with Crippen LogP contribution in [0.3, 0.4) is 0 Å². The summed E-state index contributed by atoms with van der Waals surface area (Å²) in [7, 11) is 0. The van der Waals surface area contributed by atoms with Gasteiger partial charge in [-0.25, -0.2) is 0 Å². The summed E-state index contributed by atoms with van der Waals surface area (Å²) < 4.78 is 0. The van der Waals surface area contributed by atoms with Crippen LogP contribution in [0.4, 0.5) is 5.82 Å². The first-order chi connectivity index (χ1) is 8.16. The van der Waals surface area contributed by atoms with Crippen molar-refractivity contribution in [1.29, 1.82) is 0 Å². The minimum atomic E-state index is -0.612. The average molecular weight is 229 g/mol. The molecule has 0 saturated carbocycles. The lowest BCUT2D eigenvalue weighted by Crippen LogP contribution is -2.30. The number of β-amino-alcohol motifs (C(OH)–C–C–N with tert-alkyl or cyclic N) is 1. The van der Waals surface area contributed by atoms with Gasteiger partial charge in [0.25, 0.3) is 0 Å². The number of anilines is 1. The van der Waals surface area contributed by atoms with Gasteiger partial charge in [-0.2, -0.15) is 5.10 Å². The Balaban J connectivity index is 2.06. The van der Waals surface area contributed by atoms with Crippen LogP contribution >= 0.6 is 0 Å². The molecule has 1 saturated heterocycles. The Labute approximate surface area is 99.9 Å². The predicted octanol–water partition coefficient (Wildman–Crippen LogP) is 1.59. The lowest BCUT2D eigenvalue weighted by molar-refractivity contribution is 0.0839. The van der Waals surface area contributed by atoms with Crippen LogP contribution in [0.5, 0.6) is 0 Å². The molecule has 0 amide bonds. The Morgan fingerprint density at radius 3 is 2.94 bits per heavy atom. The number of nitrogens with zero attached hydrogens (tertiary/aromatic N) is 3. The molecule has 1 aromatic heterocycles. The summed E-state index contributed by atoms with van der Waals surface area (Å²) in [5, 5.41) is 20.4. The van der Waals surface area contributed by atoms with E-state index < -0.39 is 5.60 Å². The highest BCUT2D eigenvalue weighted by atomic mass is 16.3. The highest BCUT2D eigenvalue weighted by Crippen LogP contribution is 2.29. The fourth-order valence-corrected chi connectivity index (χ4v) is 2.37. The number of hydrogen-bond donors (Lipinski definition) is 1. The Morgan fingerprint density at radius 2 is 2.18 bits per heavy atom. The van der Waals surface area contributed by atoms with Crippen LogP contribution in [0.1, 0.15) is 13.3 Å². The van der Waals surface area contributed by atoms with Gasteiger partial charge in [-0.15, -0.1) is 5.10 Å². The first-order valence-corrected chi connectivity index (χ1v) is 5.83. The molecule has 0 bridgehead atoms. The molecular formula is C13H15N3O. The van der Waals surface area contributed by atoms with Crippen LogP contribution < -0.4 is 4.90 Å². The number of aromatic nitrogens is 2. The molecule has 2 heterocycles. The molecule has 2 aromatic rings. The molecule has 88 valence electrons. The third-order valence-corrected chi connectivity index (χ3v) is 3.30. The Bertz CT molecular complexity index is 548. The van der Waals surface area contributed by atoms with E-state index >= 15 is 0 Å². The first-order valence-electron chi connectivity index (χ1n) is 5.83. The highest BCUT2D eigenvalue weighted by Gasteiger charge is 2.32. The molecule has 4 heteroatoms. The van der Waals surface area contributed by atoms with Crippen LogP contribution in [0.2, 0.25) is 0 Å². The van der Waals surface area contributed by atoms with Crippen molar-refractivity contribution in [3.63, 3.8) is 0 Å². The van der Waals surface area contributed by atoms with Crippen molar-refractivity contribution >= 4 is 16.6 Å². The highest BCUT2D eigenvalue weighted by molar-refractivity contribution is 5.91. The zero-order valence-electron chi connectivity index (χ0n) is 9.80. The van der Waals surface area contributed by atoms with Gasteiger partial charge in [-0.1, -0.05) is 24.3 Å². The van der Waals surface area contributed by atoms with Crippen molar-refractivity contribution in [2.24, 2.45) is 0 Å². The van der Waals surface area contributed by atoms with E-state index in [1.54, 1.807) is 6.20 Å². The Hall–Kier alpha value is -1.68. The van der Waals surface area contributed by atoms with E-state index in [1.165, 1.54) is 0 Å². The minimum absolute atomic E-state index is 0.612. The van der Waals surface area contributed by atoms with Gasteiger partial charge in [0.1, 0.15) is 0 Å². The molecule has 0 aliphatic carbocycles. The van der Waals surface area contributed by atoms with Crippen LogP contribution in [0, 0.1) is 0 Å². The molecule has 1 atom stereocenters. The topological polar surface area (TPSA) is 49.2 Å². The summed E-state index contributed by atoms with van der Waals surface area (Å²) in [4.78, 5) is 2.11. The zero-order valence-corrected chi connectivity index (χ0v) is 9.80. The lowest BCUT2D eigenvalue weighted by Gasteiger charge is -2.20. The second-order valence-electron chi connectivity index (χ2n) is 4.92. The van der Waals surface area contributed by atoms with E-state index in [2.05, 4.69) is 15.1 Å². The van der Waals surface area contributed by atoms with Gasteiger partial charge >= 0.3 is 0 Å². The predicted molar refractivity (Wildman–Crippen MR) is 67.0 cm³/mol. The number of rotatable bonds is 1. The van der Waals surface area contributed by atoms with Crippen molar-refractivity contribution in [2.45, 2.75) is 18.9 Å². The summed E-state index contributed by atoms with van der Waals surface area (Å²) in [5.41, 5.74) is -0.612. The van der Waals surface area contributed by atoms with Crippen molar-refractivity contribution in [2.75, 3.05) is 18.0 Å². The minimum Gasteiger partial charge on any atom is -0.388 e. The second-order valence-corrected chi connectivity index (χ2v) is 4.92. The number of hydrogen-bond acceptors (Lipinski definition) is 4. The van der Waals surface area contributed by atoms with Crippen molar-refractivity contribution in [3.8, 4) is 0 Å². The quantitative estimate of drug-likeness (QED) is 0.806. The molecule has 4 nitrogen and oxygen atoms in total. The molecule has 1 aliphatic heterocycles. The van der Waals surface area contributed by atoms with E-state index in [0.717, 1.165) is 29.6 Å². The van der Waals surface area contributed by atoms with Gasteiger partial charge in [0.05, 0.1) is 11.8 Å². The normalized spacial score (nSPS) is 24.5. The zero-order chi connectivity index (χ0) is 11.9. The molecule has 1 fully saturated rings. The fourth-order valence-electron chi connectivity index (χ4n) is 2.37. The van der Waals surface area contributed by atoms with Crippen LogP contribution in [-0.2, 0) is 0 Å². The summed E-state index contributed by atoms with van der Waals surface area (Å²) in [6.45, 7) is 3.32. The van der Waals surface area contributed by atoms with Crippen LogP contribution in [0.25, 0.3) is 10.8 Å². The van der Waals surface area contributed by atoms with Gasteiger partial charge in [0.2, 0.25) is 0 Å². The first kappa shape index (κ1) is 10.5. The summed E-state index contributed by atoms with van der Waals surface area (Å²) in [5.74, 6) is 0.876. The Morgan fingerprint density at radius 1 is 1.35 bits per heavy atom. The number of aliphatic hydroxyl groups is 1. The maximum Gasteiger partial charge on any atom is 0.159 e. The molecule has 1 N–H and O–H groups in total. The molecule has 1 aromatic carbocycles. The lowest BCUT2D eigenvalue weighted by atomic mass is 10.1. The van der Waals surface area contributed by atoms with E-state index in [0.29, 0.717) is 6.54 Å². The third kappa shape index (κ3) is 1.85. The molecule has 1 unspecified atom stereocenters. The molecule has 3 rings (SSSR count). The second kappa shape index (κ2) is 3.67. The molecule has 0 spiro atoms. The van der Waals surface area contributed by atoms with Gasteiger partial charge < -0.3 is 10.0 Å². The van der Waals surface area contributed by atoms with Gasteiger partial charge in [-0.3, -0.25) is 0 Å². The van der Waals surface area contributed by atoms with Crippen molar-refractivity contribution < 1.29 is 5.11 Å². The summed E-state index contributed by atoms with van der Waals surface area (Å²) >= 11 is 0. The monoisotopic (exact) mass is 229 g/mol. The van der Waals surface area contributed by atoms with Gasteiger partial charge in [-0.05, 0) is 13.3 Å². The van der Waals surface area contributed by atoms with Crippen LogP contribution in [-0.4, -0.2) is 34.0 Å². The average Bonchev–Trinajstić information content (AvgIpc) is 2.69. The largest absolute Gasteiger partial charge is 0.388 e. The maximum atomic E-state index is 10.0. The number of benzene rings is 1. The SMILES string of the molecule is CC1(O)CCN(c2nncc3ccccc23)C1. The smallest absolute Gasteiger partial charge is 0.159 e. The van der Waals surface area contributed by atoms with E-state index in [1.807, 2.05) is 31.2 Å². The van der Waals surface area contributed by atoms with Crippen LogP contribution in [0.15, 0.2) is 30.5 Å². The van der Waals surface area contributed by atoms with Crippen molar-refractivity contribution in [3.05, 3.63) is 30.5 Å². The van der Waals surface area contributed by atoms with E-state index in [-0.39, 0.29) is 0 Å². The number of fused-ring (bicyclic) bond motifs is 1. The van der Waals surface area contributed by atoms with Gasteiger partial charge in [0.15, 0.2) is 5.82 Å². The standard InChI is InChI=1S/C13H15N3O/c1-13(17)6-7-16(9-13)12-11-5-3-2-4-10(11)8-14-15-12/h2-5,8,17H,6-7,9H2,1H3. The summed E-state index contributed by atoms with van der Waals surface area (Å²) in [6.07, 6.45) is 2.55.